The van der Waals surface area contributed by atoms with E-state index in [1.807, 2.05) is 18.2 Å². The van der Waals surface area contributed by atoms with Crippen molar-refractivity contribution < 1.29 is 17.9 Å². The maximum atomic E-state index is 13.0. The fraction of sp³-hybridized carbons (Fsp3) is 0.364. The average molecular weight is 475 g/mol. The zero-order valence-electron chi connectivity index (χ0n) is 17.8. The van der Waals surface area contributed by atoms with Crippen molar-refractivity contribution in [1.29, 1.82) is 0 Å². The molecule has 2 N–H and O–H groups in total. The third-order valence-electron chi connectivity index (χ3n) is 5.33. The zero-order valence-corrected chi connectivity index (χ0v) is 19.5. The van der Waals surface area contributed by atoms with E-state index in [1.54, 1.807) is 29.6 Å². The number of H-pyrrole nitrogens is 1. The molecule has 0 atom stereocenters. The van der Waals surface area contributed by atoms with Crippen LogP contribution in [0.3, 0.4) is 0 Å². The maximum Gasteiger partial charge on any atom is 0.243 e. The lowest BCUT2D eigenvalue weighted by Crippen LogP contribution is -2.32. The van der Waals surface area contributed by atoms with Crippen molar-refractivity contribution in [3.05, 3.63) is 42.5 Å². The van der Waals surface area contributed by atoms with Crippen LogP contribution in [0.1, 0.15) is 25.7 Å². The second-order valence-electron chi connectivity index (χ2n) is 7.61. The van der Waals surface area contributed by atoms with Crippen LogP contribution in [0.4, 0.5) is 5.69 Å². The highest BCUT2D eigenvalue weighted by Crippen LogP contribution is 2.25. The Bertz CT molecular complexity index is 1200. The normalized spacial score (nSPS) is 15.4. The molecule has 0 unspecified atom stereocenters. The Morgan fingerprint density at radius 1 is 1.16 bits per heavy atom. The number of hydrogen-bond acceptors (Lipinski definition) is 6. The Kier molecular flexibility index (Phi) is 7.02. The molecular formula is C22H26N4O4S2. The van der Waals surface area contributed by atoms with Crippen molar-refractivity contribution in [1.82, 2.24) is 14.3 Å². The monoisotopic (exact) mass is 474 g/mol. The molecule has 170 valence electrons. The van der Waals surface area contributed by atoms with Crippen LogP contribution in [0.25, 0.3) is 11.0 Å². The van der Waals surface area contributed by atoms with Gasteiger partial charge >= 0.3 is 0 Å². The van der Waals surface area contributed by atoms with Gasteiger partial charge in [-0.1, -0.05) is 30.7 Å². The number of thioether (sulfide) groups is 1. The van der Waals surface area contributed by atoms with Crippen molar-refractivity contribution in [2.45, 2.75) is 35.7 Å². The zero-order chi connectivity index (χ0) is 22.6. The van der Waals surface area contributed by atoms with E-state index in [1.165, 1.54) is 17.8 Å². The van der Waals surface area contributed by atoms with Crippen molar-refractivity contribution in [3.63, 3.8) is 0 Å². The number of fused-ring (bicyclic) bond motifs is 1. The number of aromatic nitrogens is 2. The minimum atomic E-state index is -3.57. The Balaban J connectivity index is 1.39. The van der Waals surface area contributed by atoms with E-state index >= 15 is 0 Å². The van der Waals surface area contributed by atoms with Gasteiger partial charge in [-0.2, -0.15) is 4.31 Å². The van der Waals surface area contributed by atoms with Gasteiger partial charge in [-0.3, -0.25) is 4.79 Å². The summed E-state index contributed by atoms with van der Waals surface area (Å²) in [6, 6.07) is 12.0. The van der Waals surface area contributed by atoms with Crippen molar-refractivity contribution in [2.24, 2.45) is 0 Å². The second-order valence-corrected chi connectivity index (χ2v) is 10.5. The van der Waals surface area contributed by atoms with Crippen LogP contribution in [0.15, 0.2) is 52.5 Å². The van der Waals surface area contributed by atoms with E-state index in [2.05, 4.69) is 15.3 Å². The number of sulfonamides is 1. The van der Waals surface area contributed by atoms with E-state index in [9.17, 15) is 13.2 Å². The maximum absolute atomic E-state index is 13.0. The van der Waals surface area contributed by atoms with Crippen LogP contribution in [0.2, 0.25) is 0 Å². The molecule has 1 saturated heterocycles. The third kappa shape index (κ3) is 5.25. The number of amides is 1. The summed E-state index contributed by atoms with van der Waals surface area (Å²) in [5.74, 6) is 0.628. The van der Waals surface area contributed by atoms with Crippen LogP contribution in [0.5, 0.6) is 5.75 Å². The molecular weight excluding hydrogens is 448 g/mol. The lowest BCUT2D eigenvalue weighted by atomic mass is 10.2. The van der Waals surface area contributed by atoms with E-state index in [0.29, 0.717) is 23.9 Å². The number of carbonyl (C=O) groups excluding carboxylic acids is 1. The number of hydrogen-bond donors (Lipinski definition) is 2. The highest BCUT2D eigenvalue weighted by molar-refractivity contribution is 7.99. The van der Waals surface area contributed by atoms with Crippen molar-refractivity contribution in [2.75, 3.05) is 31.3 Å². The molecule has 0 radical (unpaired) electrons. The van der Waals surface area contributed by atoms with E-state index in [0.717, 1.165) is 42.5 Å². The molecule has 0 spiro atoms. The summed E-state index contributed by atoms with van der Waals surface area (Å²) in [5.41, 5.74) is 2.08. The third-order valence-corrected chi connectivity index (χ3v) is 8.10. The molecule has 1 aliphatic heterocycles. The Labute approximate surface area is 191 Å². The molecule has 8 nitrogen and oxygen atoms in total. The van der Waals surface area contributed by atoms with Gasteiger partial charge in [-0.15, -0.1) is 0 Å². The smallest absolute Gasteiger partial charge is 0.243 e. The topological polar surface area (TPSA) is 104 Å². The minimum Gasteiger partial charge on any atom is -0.497 e. The second kappa shape index (κ2) is 9.93. The molecule has 2 aromatic carbocycles. The number of methoxy groups -OCH3 is 1. The fourth-order valence-corrected chi connectivity index (χ4v) is 5.91. The lowest BCUT2D eigenvalue weighted by molar-refractivity contribution is -0.113. The number of imidazole rings is 1. The number of carbonyl (C=O) groups is 1. The number of ether oxygens (including phenoxy) is 1. The van der Waals surface area contributed by atoms with Crippen LogP contribution < -0.4 is 10.1 Å². The number of anilines is 1. The summed E-state index contributed by atoms with van der Waals surface area (Å²) in [7, 11) is -1.97. The highest BCUT2D eigenvalue weighted by Gasteiger charge is 2.25. The van der Waals surface area contributed by atoms with Crippen molar-refractivity contribution in [3.8, 4) is 5.75 Å². The van der Waals surface area contributed by atoms with Crippen LogP contribution in [0, 0.1) is 0 Å². The molecule has 10 heteroatoms. The van der Waals surface area contributed by atoms with Gasteiger partial charge in [-0.05, 0) is 43.2 Å². The van der Waals surface area contributed by atoms with Gasteiger partial charge in [0.15, 0.2) is 5.16 Å². The summed E-state index contributed by atoms with van der Waals surface area (Å²) in [5, 5.41) is 3.41. The van der Waals surface area contributed by atoms with Gasteiger partial charge in [-0.25, -0.2) is 13.4 Å². The Morgan fingerprint density at radius 2 is 1.94 bits per heavy atom. The van der Waals surface area contributed by atoms with E-state index in [4.69, 9.17) is 4.74 Å². The van der Waals surface area contributed by atoms with Crippen LogP contribution in [-0.2, 0) is 14.8 Å². The quantitative estimate of drug-likeness (QED) is 0.504. The fourth-order valence-electron chi connectivity index (χ4n) is 3.66. The summed E-state index contributed by atoms with van der Waals surface area (Å²) < 4.78 is 32.8. The summed E-state index contributed by atoms with van der Waals surface area (Å²) in [6.07, 6.45) is 3.86. The molecule has 2 heterocycles. The van der Waals surface area contributed by atoms with Gasteiger partial charge in [0.2, 0.25) is 15.9 Å². The number of benzene rings is 2. The predicted octanol–water partition coefficient (Wildman–Crippen LogP) is 3.87. The van der Waals surface area contributed by atoms with Gasteiger partial charge in [0.05, 0.1) is 28.8 Å². The first-order valence-corrected chi connectivity index (χ1v) is 12.9. The molecule has 1 fully saturated rings. The van der Waals surface area contributed by atoms with E-state index in [-0.39, 0.29) is 16.6 Å². The lowest BCUT2D eigenvalue weighted by Gasteiger charge is -2.20. The minimum absolute atomic E-state index is 0.139. The number of rotatable bonds is 7. The van der Waals surface area contributed by atoms with Crippen LogP contribution >= 0.6 is 11.8 Å². The largest absolute Gasteiger partial charge is 0.497 e. The van der Waals surface area contributed by atoms with Crippen LogP contribution in [-0.4, -0.2) is 54.6 Å². The summed E-state index contributed by atoms with van der Waals surface area (Å²) in [6.45, 7) is 1.08. The molecule has 0 aliphatic carbocycles. The molecule has 1 aromatic heterocycles. The first-order chi connectivity index (χ1) is 15.5. The standard InChI is InChI=1S/C22H26N4O4S2/c1-30-17-9-10-19-20(14-17)25-22(24-19)31-15-21(27)23-16-7-6-8-18(13-16)32(28,29)26-11-4-2-3-5-12-26/h6-10,13-14H,2-5,11-12,15H2,1H3,(H,23,27)(H,24,25). The number of nitrogens with one attached hydrogen (secondary N) is 2. The molecule has 1 amide bonds. The summed E-state index contributed by atoms with van der Waals surface area (Å²) in [4.78, 5) is 20.3. The van der Waals surface area contributed by atoms with Gasteiger partial charge in [0, 0.05) is 24.8 Å². The Hall–Kier alpha value is -2.56. The van der Waals surface area contributed by atoms with Crippen molar-refractivity contribution >= 4 is 44.4 Å². The molecule has 32 heavy (non-hydrogen) atoms. The molecule has 3 aromatic rings. The Morgan fingerprint density at radius 3 is 2.69 bits per heavy atom. The first-order valence-electron chi connectivity index (χ1n) is 10.5. The summed E-state index contributed by atoms with van der Waals surface area (Å²) >= 11 is 1.28. The van der Waals surface area contributed by atoms with E-state index < -0.39 is 10.0 Å². The van der Waals surface area contributed by atoms with Gasteiger partial charge in [0.1, 0.15) is 5.75 Å². The molecule has 0 bridgehead atoms. The predicted molar refractivity (Wildman–Crippen MR) is 126 cm³/mol. The molecule has 1 aliphatic rings. The number of nitrogens with zero attached hydrogens (tertiary/aromatic N) is 2. The van der Waals surface area contributed by atoms with Gasteiger partial charge < -0.3 is 15.0 Å². The first kappa shape index (κ1) is 22.6. The molecule has 0 saturated carbocycles. The highest BCUT2D eigenvalue weighted by atomic mass is 32.2. The van der Waals surface area contributed by atoms with Gasteiger partial charge in [0.25, 0.3) is 0 Å². The average Bonchev–Trinajstić information content (AvgIpc) is 2.99. The molecule has 4 rings (SSSR count). The SMILES string of the molecule is COc1ccc2nc(SCC(=O)Nc3cccc(S(=O)(=O)N4CCCCCC4)c3)[nH]c2c1. The number of aromatic amines is 1.